The van der Waals surface area contributed by atoms with Crippen molar-refractivity contribution in [3.8, 4) is 17.6 Å². The van der Waals surface area contributed by atoms with E-state index >= 15 is 0 Å². The Labute approximate surface area is 87.0 Å². The number of ether oxygens (including phenoxy) is 1. The lowest BCUT2D eigenvalue weighted by atomic mass is 10.2. The summed E-state index contributed by atoms with van der Waals surface area (Å²) in [4.78, 5) is 0. The zero-order valence-corrected chi connectivity index (χ0v) is 8.09. The topological polar surface area (TPSA) is 35.2 Å². The van der Waals surface area contributed by atoms with Gasteiger partial charge in [0.25, 0.3) is 0 Å². The van der Waals surface area contributed by atoms with Crippen molar-refractivity contribution in [3.05, 3.63) is 29.6 Å². The van der Waals surface area contributed by atoms with Gasteiger partial charge in [-0.05, 0) is 12.1 Å². The molecule has 1 aromatic rings. The maximum absolute atomic E-state index is 12.9. The first-order valence-electron chi connectivity index (χ1n) is 4.45. The van der Waals surface area contributed by atoms with Crippen molar-refractivity contribution >= 4 is 0 Å². The molecule has 0 fully saturated rings. The van der Waals surface area contributed by atoms with E-state index in [-0.39, 0.29) is 18.9 Å². The van der Waals surface area contributed by atoms with Gasteiger partial charge in [-0.25, -0.2) is 8.78 Å². The molecule has 0 bridgehead atoms. The van der Waals surface area contributed by atoms with Gasteiger partial charge in [0.05, 0.1) is 12.1 Å². The number of benzene rings is 1. The van der Waals surface area contributed by atoms with E-state index in [1.807, 2.05) is 0 Å². The minimum Gasteiger partial charge on any atom is -0.489 e. The highest BCUT2D eigenvalue weighted by atomic mass is 19.1. The molecule has 2 N–H and O–H groups in total. The summed E-state index contributed by atoms with van der Waals surface area (Å²) in [5.74, 6) is 5.14. The standard InChI is InChI=1S/C11H11F2NO/c12-5-7-15-11-8-10(13)4-3-9(11)2-1-6-14/h3-4,8H,5-7,14H2. The normalized spacial score (nSPS) is 9.27. The van der Waals surface area contributed by atoms with Gasteiger partial charge in [-0.2, -0.15) is 0 Å². The summed E-state index contributed by atoms with van der Waals surface area (Å²) in [7, 11) is 0. The summed E-state index contributed by atoms with van der Waals surface area (Å²) in [6, 6.07) is 3.92. The Bertz CT molecular complexity index is 382. The van der Waals surface area contributed by atoms with Gasteiger partial charge in [-0.1, -0.05) is 11.8 Å². The van der Waals surface area contributed by atoms with Crippen LogP contribution in [0, 0.1) is 17.7 Å². The first-order chi connectivity index (χ1) is 7.27. The fourth-order valence-electron chi connectivity index (χ4n) is 1.01. The second-order valence-electron chi connectivity index (χ2n) is 2.68. The predicted octanol–water partition coefficient (Wildman–Crippen LogP) is 1.48. The average Bonchev–Trinajstić information content (AvgIpc) is 2.25. The van der Waals surface area contributed by atoms with E-state index in [1.165, 1.54) is 18.2 Å². The Balaban J connectivity index is 2.92. The van der Waals surface area contributed by atoms with Crippen LogP contribution in [0.5, 0.6) is 5.75 Å². The maximum atomic E-state index is 12.9. The molecule has 2 nitrogen and oxygen atoms in total. The zero-order valence-electron chi connectivity index (χ0n) is 8.09. The fourth-order valence-corrected chi connectivity index (χ4v) is 1.01. The highest BCUT2D eigenvalue weighted by Crippen LogP contribution is 2.18. The van der Waals surface area contributed by atoms with Gasteiger partial charge in [-0.3, -0.25) is 0 Å². The molecule has 0 aromatic heterocycles. The second-order valence-corrected chi connectivity index (χ2v) is 2.68. The summed E-state index contributed by atoms with van der Waals surface area (Å²) < 4.78 is 29.7. The highest BCUT2D eigenvalue weighted by molar-refractivity contribution is 5.46. The Morgan fingerprint density at radius 2 is 2.20 bits per heavy atom. The maximum Gasteiger partial charge on any atom is 0.137 e. The highest BCUT2D eigenvalue weighted by Gasteiger charge is 2.02. The summed E-state index contributed by atoms with van der Waals surface area (Å²) in [6.45, 7) is -0.527. The van der Waals surface area contributed by atoms with Gasteiger partial charge in [0.1, 0.15) is 24.8 Å². The molecule has 80 valence electrons. The monoisotopic (exact) mass is 211 g/mol. The van der Waals surface area contributed by atoms with E-state index < -0.39 is 12.5 Å². The smallest absolute Gasteiger partial charge is 0.137 e. The number of hydrogen-bond donors (Lipinski definition) is 1. The minimum absolute atomic E-state index is 0.110. The first kappa shape index (κ1) is 11.5. The van der Waals surface area contributed by atoms with Gasteiger partial charge < -0.3 is 10.5 Å². The number of nitrogens with two attached hydrogens (primary N) is 1. The van der Waals surface area contributed by atoms with Gasteiger partial charge >= 0.3 is 0 Å². The van der Waals surface area contributed by atoms with E-state index in [9.17, 15) is 8.78 Å². The van der Waals surface area contributed by atoms with Gasteiger partial charge in [0.15, 0.2) is 0 Å². The van der Waals surface area contributed by atoms with Crippen molar-refractivity contribution in [3.63, 3.8) is 0 Å². The molecule has 0 saturated heterocycles. The van der Waals surface area contributed by atoms with E-state index in [2.05, 4.69) is 11.8 Å². The quantitative estimate of drug-likeness (QED) is 0.769. The SMILES string of the molecule is NCC#Cc1ccc(F)cc1OCCF. The molecule has 0 atom stereocenters. The third kappa shape index (κ3) is 3.56. The van der Waals surface area contributed by atoms with Crippen molar-refractivity contribution in [1.29, 1.82) is 0 Å². The predicted molar refractivity (Wildman–Crippen MR) is 53.8 cm³/mol. The van der Waals surface area contributed by atoms with Crippen LogP contribution in [0.4, 0.5) is 8.78 Å². The number of halogens is 2. The van der Waals surface area contributed by atoms with Crippen molar-refractivity contribution in [2.75, 3.05) is 19.8 Å². The molecule has 0 saturated carbocycles. The third-order valence-corrected chi connectivity index (χ3v) is 1.60. The third-order valence-electron chi connectivity index (χ3n) is 1.60. The van der Waals surface area contributed by atoms with Crippen molar-refractivity contribution < 1.29 is 13.5 Å². The Kier molecular flexibility index (Phi) is 4.58. The largest absolute Gasteiger partial charge is 0.489 e. The Morgan fingerprint density at radius 1 is 1.40 bits per heavy atom. The molecule has 0 aliphatic carbocycles. The van der Waals surface area contributed by atoms with Crippen LogP contribution in [0.25, 0.3) is 0 Å². The molecule has 0 aliphatic heterocycles. The van der Waals surface area contributed by atoms with Crippen molar-refractivity contribution in [1.82, 2.24) is 0 Å². The lowest BCUT2D eigenvalue weighted by molar-refractivity contribution is 0.271. The van der Waals surface area contributed by atoms with Crippen LogP contribution in [0.1, 0.15) is 5.56 Å². The number of hydrogen-bond acceptors (Lipinski definition) is 2. The molecule has 4 heteroatoms. The molecule has 1 rings (SSSR count). The van der Waals surface area contributed by atoms with Crippen molar-refractivity contribution in [2.45, 2.75) is 0 Å². The van der Waals surface area contributed by atoms with Crippen molar-refractivity contribution in [2.24, 2.45) is 5.73 Å². The second kappa shape index (κ2) is 5.99. The van der Waals surface area contributed by atoms with Gasteiger partial charge in [-0.15, -0.1) is 0 Å². The van der Waals surface area contributed by atoms with Crippen LogP contribution in [-0.4, -0.2) is 19.8 Å². The lowest BCUT2D eigenvalue weighted by Crippen LogP contribution is -2.01. The van der Waals surface area contributed by atoms with Crippen LogP contribution in [0.2, 0.25) is 0 Å². The molecule has 1 aromatic carbocycles. The lowest BCUT2D eigenvalue weighted by Gasteiger charge is -2.05. The van der Waals surface area contributed by atoms with Gasteiger partial charge in [0.2, 0.25) is 0 Å². The molecule has 0 amide bonds. The zero-order chi connectivity index (χ0) is 11.1. The van der Waals surface area contributed by atoms with Crippen LogP contribution >= 0.6 is 0 Å². The van der Waals surface area contributed by atoms with E-state index in [0.717, 1.165) is 0 Å². The molecular weight excluding hydrogens is 200 g/mol. The van der Waals surface area contributed by atoms with Crippen LogP contribution < -0.4 is 10.5 Å². The summed E-state index contributed by atoms with van der Waals surface area (Å²) in [6.07, 6.45) is 0. The number of alkyl halides is 1. The van der Waals surface area contributed by atoms with Crippen LogP contribution in [0.15, 0.2) is 18.2 Å². The fraction of sp³-hybridized carbons (Fsp3) is 0.273. The van der Waals surface area contributed by atoms with Crippen LogP contribution in [0.3, 0.4) is 0 Å². The Morgan fingerprint density at radius 3 is 2.87 bits per heavy atom. The first-order valence-corrected chi connectivity index (χ1v) is 4.45. The van der Waals surface area contributed by atoms with Gasteiger partial charge in [0, 0.05) is 6.07 Å². The van der Waals surface area contributed by atoms with Crippen LogP contribution in [-0.2, 0) is 0 Å². The summed E-state index contributed by atoms with van der Waals surface area (Å²) in [5, 5.41) is 0. The molecule has 0 aliphatic rings. The molecule has 0 unspecified atom stereocenters. The van der Waals surface area contributed by atoms with E-state index in [4.69, 9.17) is 10.5 Å². The molecule has 0 spiro atoms. The summed E-state index contributed by atoms with van der Waals surface area (Å²) in [5.41, 5.74) is 5.72. The average molecular weight is 211 g/mol. The molecule has 0 radical (unpaired) electrons. The molecule has 0 heterocycles. The summed E-state index contributed by atoms with van der Waals surface area (Å²) >= 11 is 0. The molecular formula is C11H11F2NO. The number of rotatable bonds is 3. The van der Waals surface area contributed by atoms with E-state index in [1.54, 1.807) is 0 Å². The minimum atomic E-state index is -0.625. The molecule has 15 heavy (non-hydrogen) atoms. The Hall–Kier alpha value is -1.60. The van der Waals surface area contributed by atoms with E-state index in [0.29, 0.717) is 5.56 Å².